The molecule has 0 nitrogen and oxygen atoms in total. The Morgan fingerprint density at radius 2 is 2.17 bits per heavy atom. The van der Waals surface area contributed by atoms with Gasteiger partial charge in [0.2, 0.25) is 0 Å². The fourth-order valence-corrected chi connectivity index (χ4v) is 0.823. The molecule has 1 heteroatoms. The van der Waals surface area contributed by atoms with Gasteiger partial charge in [0.05, 0.1) is 0 Å². The highest BCUT2D eigenvalue weighted by Gasteiger charge is 2.16. The summed E-state index contributed by atoms with van der Waals surface area (Å²) in [7, 11) is 0. The second kappa shape index (κ2) is 1.78. The van der Waals surface area contributed by atoms with E-state index in [4.69, 9.17) is 0 Å². The van der Waals surface area contributed by atoms with E-state index in [1.807, 2.05) is 4.99 Å². The molecule has 34 valence electrons. The number of rotatable bonds is 1. The first-order chi connectivity index (χ1) is 2.93. The van der Waals surface area contributed by atoms with Gasteiger partial charge in [-0.1, -0.05) is 22.0 Å². The first-order valence-electron chi connectivity index (χ1n) is 2.20. The number of allylic oxidation sites excluding steroid dienone is 1. The zero-order valence-corrected chi connectivity index (χ0v) is 5.11. The molecule has 0 aliphatic heterocycles. The zero-order valence-electron chi connectivity index (χ0n) is 3.52. The minimum Gasteiger partial charge on any atom is -0.0745 e. The first kappa shape index (κ1) is 4.38. The van der Waals surface area contributed by atoms with Gasteiger partial charge in [-0.15, -0.1) is 0 Å². The Bertz CT molecular complexity index is 62.3. The summed E-state index contributed by atoms with van der Waals surface area (Å²) in [6.07, 6.45) is 5.00. The molecular weight excluding hydrogens is 140 g/mol. The van der Waals surface area contributed by atoms with E-state index in [0.717, 1.165) is 5.92 Å². The van der Waals surface area contributed by atoms with Crippen LogP contribution in [0.2, 0.25) is 0 Å². The average molecular weight is 147 g/mol. The van der Waals surface area contributed by atoms with Crippen molar-refractivity contribution in [3.63, 3.8) is 0 Å². The maximum absolute atomic E-state index is 3.21. The van der Waals surface area contributed by atoms with Gasteiger partial charge in [0.1, 0.15) is 0 Å². The maximum Gasteiger partial charge on any atom is -0.0225 e. The topological polar surface area (TPSA) is 0 Å². The Morgan fingerprint density at radius 3 is 2.33 bits per heavy atom. The van der Waals surface area contributed by atoms with Crippen molar-refractivity contribution in [2.75, 3.05) is 0 Å². The van der Waals surface area contributed by atoms with Gasteiger partial charge in [-0.05, 0) is 23.7 Å². The van der Waals surface area contributed by atoms with Crippen LogP contribution in [-0.2, 0) is 0 Å². The molecule has 1 saturated carbocycles. The van der Waals surface area contributed by atoms with Crippen molar-refractivity contribution in [2.45, 2.75) is 12.8 Å². The standard InChI is InChI=1S/C5H7Br/c6-4-3-5-1-2-5/h3-5H,1-2H2/b4-3+. The number of hydrogen-bond donors (Lipinski definition) is 0. The van der Waals surface area contributed by atoms with Crippen molar-refractivity contribution in [2.24, 2.45) is 5.92 Å². The van der Waals surface area contributed by atoms with Crippen LogP contribution >= 0.6 is 15.9 Å². The van der Waals surface area contributed by atoms with Crippen molar-refractivity contribution in [3.05, 3.63) is 11.1 Å². The fraction of sp³-hybridized carbons (Fsp3) is 0.600. The largest absolute Gasteiger partial charge is 0.0745 e. The van der Waals surface area contributed by atoms with E-state index in [1.54, 1.807) is 0 Å². The molecule has 0 saturated heterocycles. The summed E-state index contributed by atoms with van der Waals surface area (Å²) < 4.78 is 0. The highest BCUT2D eigenvalue weighted by atomic mass is 79.9. The lowest BCUT2D eigenvalue weighted by molar-refractivity contribution is 1.13. The molecule has 1 aliphatic carbocycles. The Kier molecular flexibility index (Phi) is 1.30. The molecule has 0 aromatic heterocycles. The molecule has 1 rings (SSSR count). The fourth-order valence-electron chi connectivity index (χ4n) is 0.392. The van der Waals surface area contributed by atoms with Crippen LogP contribution in [0.5, 0.6) is 0 Å². The number of hydrogen-bond acceptors (Lipinski definition) is 0. The second-order valence-corrected chi connectivity index (χ2v) is 2.18. The Hall–Kier alpha value is 0.220. The molecule has 1 fully saturated rings. The summed E-state index contributed by atoms with van der Waals surface area (Å²) in [4.78, 5) is 1.95. The monoisotopic (exact) mass is 146 g/mol. The van der Waals surface area contributed by atoms with Crippen LogP contribution in [0.15, 0.2) is 11.1 Å². The van der Waals surface area contributed by atoms with Crippen molar-refractivity contribution in [1.29, 1.82) is 0 Å². The van der Waals surface area contributed by atoms with E-state index in [0.29, 0.717) is 0 Å². The van der Waals surface area contributed by atoms with Gasteiger partial charge < -0.3 is 0 Å². The van der Waals surface area contributed by atoms with Crippen molar-refractivity contribution in [3.8, 4) is 0 Å². The molecule has 0 unspecified atom stereocenters. The van der Waals surface area contributed by atoms with E-state index in [2.05, 4.69) is 22.0 Å². The maximum atomic E-state index is 3.21. The average Bonchev–Trinajstić information content (AvgIpc) is 2.21. The van der Waals surface area contributed by atoms with Crippen LogP contribution in [-0.4, -0.2) is 0 Å². The smallest absolute Gasteiger partial charge is 0.0225 e. The highest BCUT2D eigenvalue weighted by molar-refractivity contribution is 9.11. The molecule has 0 N–H and O–H groups in total. The Labute approximate surface area is 46.4 Å². The summed E-state index contributed by atoms with van der Waals surface area (Å²) in [5, 5.41) is 0. The van der Waals surface area contributed by atoms with E-state index < -0.39 is 0 Å². The van der Waals surface area contributed by atoms with Crippen molar-refractivity contribution < 1.29 is 0 Å². The van der Waals surface area contributed by atoms with Crippen LogP contribution in [0, 0.1) is 5.92 Å². The molecule has 0 aromatic rings. The third-order valence-corrected chi connectivity index (χ3v) is 1.27. The van der Waals surface area contributed by atoms with E-state index >= 15 is 0 Å². The van der Waals surface area contributed by atoms with Crippen LogP contribution in [0.25, 0.3) is 0 Å². The zero-order chi connectivity index (χ0) is 4.41. The van der Waals surface area contributed by atoms with E-state index in [9.17, 15) is 0 Å². The third-order valence-electron chi connectivity index (χ3n) is 0.967. The lowest BCUT2D eigenvalue weighted by Crippen LogP contribution is -1.53. The third kappa shape index (κ3) is 1.13. The van der Waals surface area contributed by atoms with Crippen LogP contribution in [0.4, 0.5) is 0 Å². The van der Waals surface area contributed by atoms with Gasteiger partial charge in [0.25, 0.3) is 0 Å². The summed E-state index contributed by atoms with van der Waals surface area (Å²) in [5.74, 6) is 0.921. The van der Waals surface area contributed by atoms with E-state index in [1.165, 1.54) is 12.8 Å². The van der Waals surface area contributed by atoms with Crippen molar-refractivity contribution >= 4 is 15.9 Å². The van der Waals surface area contributed by atoms with Gasteiger partial charge in [0.15, 0.2) is 0 Å². The molecular formula is C5H7Br. The summed E-state index contributed by atoms with van der Waals surface area (Å²) in [6.45, 7) is 0. The van der Waals surface area contributed by atoms with Crippen LogP contribution in [0.3, 0.4) is 0 Å². The first-order valence-corrected chi connectivity index (χ1v) is 3.12. The predicted molar refractivity (Wildman–Crippen MR) is 30.8 cm³/mol. The minimum atomic E-state index is 0.921. The van der Waals surface area contributed by atoms with Gasteiger partial charge >= 0.3 is 0 Å². The Morgan fingerprint density at radius 1 is 1.50 bits per heavy atom. The normalized spacial score (nSPS) is 22.8. The van der Waals surface area contributed by atoms with Crippen molar-refractivity contribution in [1.82, 2.24) is 0 Å². The molecule has 0 heterocycles. The SMILES string of the molecule is Br/C=C/C1CC1. The quantitative estimate of drug-likeness (QED) is 0.533. The summed E-state index contributed by atoms with van der Waals surface area (Å²) in [5.41, 5.74) is 0. The molecule has 0 aromatic carbocycles. The lowest BCUT2D eigenvalue weighted by Gasteiger charge is -1.68. The van der Waals surface area contributed by atoms with Gasteiger partial charge in [-0.2, -0.15) is 0 Å². The Balaban J connectivity index is 2.15. The molecule has 0 amide bonds. The van der Waals surface area contributed by atoms with Gasteiger partial charge in [-0.25, -0.2) is 0 Å². The van der Waals surface area contributed by atoms with Crippen LogP contribution < -0.4 is 0 Å². The van der Waals surface area contributed by atoms with E-state index in [-0.39, 0.29) is 0 Å². The summed E-state index contributed by atoms with van der Waals surface area (Å²) in [6, 6.07) is 0. The molecule has 1 aliphatic rings. The molecule has 0 spiro atoms. The minimum absolute atomic E-state index is 0.921. The lowest BCUT2D eigenvalue weighted by atomic mass is 10.4. The molecule has 6 heavy (non-hydrogen) atoms. The summed E-state index contributed by atoms with van der Waals surface area (Å²) >= 11 is 3.21. The molecule has 0 atom stereocenters. The van der Waals surface area contributed by atoms with Gasteiger partial charge in [0, 0.05) is 0 Å². The number of halogens is 1. The van der Waals surface area contributed by atoms with Gasteiger partial charge in [-0.3, -0.25) is 0 Å². The van der Waals surface area contributed by atoms with Crippen LogP contribution in [0.1, 0.15) is 12.8 Å². The second-order valence-electron chi connectivity index (χ2n) is 1.66. The highest BCUT2D eigenvalue weighted by Crippen LogP contribution is 2.30. The molecule has 0 bridgehead atoms. The predicted octanol–water partition coefficient (Wildman–Crippen LogP) is 2.31. The molecule has 0 radical (unpaired) electrons.